The van der Waals surface area contributed by atoms with Crippen LogP contribution in [0.3, 0.4) is 0 Å². The van der Waals surface area contributed by atoms with Gasteiger partial charge in [-0.1, -0.05) is 6.92 Å². The van der Waals surface area contributed by atoms with Gasteiger partial charge in [0.25, 0.3) is 0 Å². The molecule has 0 aromatic heterocycles. The fourth-order valence-electron chi connectivity index (χ4n) is 0.831. The van der Waals surface area contributed by atoms with Crippen LogP contribution in [0, 0.1) is 5.92 Å². The van der Waals surface area contributed by atoms with E-state index in [0.29, 0.717) is 0 Å². The minimum atomic E-state index is 0.153. The third kappa shape index (κ3) is 0.766. The molecule has 0 saturated heterocycles. The van der Waals surface area contributed by atoms with Crippen LogP contribution < -0.4 is 0 Å². The van der Waals surface area contributed by atoms with Crippen LogP contribution in [0.4, 0.5) is 0 Å². The van der Waals surface area contributed by atoms with Crippen molar-refractivity contribution in [3.8, 4) is 0 Å². The fourth-order valence-corrected chi connectivity index (χ4v) is 1.05. The molecule has 0 amide bonds. The zero-order chi connectivity index (χ0) is 5.49. The number of rotatable bonds is 0. The minimum absolute atomic E-state index is 0.153. The Labute approximate surface area is 49.9 Å². The lowest BCUT2D eigenvalue weighted by molar-refractivity contribution is 0.251. The van der Waals surface area contributed by atoms with Gasteiger partial charge in [-0.25, -0.2) is 0 Å². The van der Waals surface area contributed by atoms with Gasteiger partial charge in [0.05, 0.1) is 0 Å². The van der Waals surface area contributed by atoms with E-state index in [4.69, 9.17) is 11.6 Å². The minimum Gasteiger partial charge on any atom is -0.119 e. The second kappa shape index (κ2) is 1.38. The highest BCUT2D eigenvalue weighted by atomic mass is 35.5. The lowest BCUT2D eigenvalue weighted by Crippen LogP contribution is -2.36. The number of hydrogen-bond acceptors (Lipinski definition) is 0. The van der Waals surface area contributed by atoms with Gasteiger partial charge in [-0.05, 0) is 25.7 Å². The van der Waals surface area contributed by atoms with Crippen LogP contribution in [-0.4, -0.2) is 4.87 Å². The number of alkyl halides is 1. The second-order valence-electron chi connectivity index (χ2n) is 2.72. The lowest BCUT2D eigenvalue weighted by atomic mass is 9.75. The molecule has 0 N–H and O–H groups in total. The standard InChI is InChI=1S/C6H11Cl/c1-5-3-4-6(5,2)7/h5H,3-4H2,1-2H3/t5-,6+/m1/s1. The third-order valence-corrected chi connectivity index (χ3v) is 2.66. The fraction of sp³-hybridized carbons (Fsp3) is 1.00. The van der Waals surface area contributed by atoms with Crippen LogP contribution in [0.2, 0.25) is 0 Å². The van der Waals surface area contributed by atoms with Gasteiger partial charge in [0.15, 0.2) is 0 Å². The molecule has 42 valence electrons. The highest BCUT2D eigenvalue weighted by molar-refractivity contribution is 6.24. The Hall–Kier alpha value is 0.290. The molecule has 1 aliphatic rings. The van der Waals surface area contributed by atoms with Crippen LogP contribution in [0.5, 0.6) is 0 Å². The Balaban J connectivity index is 2.43. The van der Waals surface area contributed by atoms with Crippen molar-refractivity contribution in [1.82, 2.24) is 0 Å². The highest BCUT2D eigenvalue weighted by Gasteiger charge is 2.36. The van der Waals surface area contributed by atoms with Gasteiger partial charge in [-0.2, -0.15) is 0 Å². The first-order valence-corrected chi connectivity index (χ1v) is 3.19. The summed E-state index contributed by atoms with van der Waals surface area (Å²) >= 11 is 5.95. The molecule has 0 aromatic rings. The first-order chi connectivity index (χ1) is 3.13. The SMILES string of the molecule is C[C@@H]1CC[C@]1(C)Cl. The van der Waals surface area contributed by atoms with Crippen LogP contribution in [-0.2, 0) is 0 Å². The molecule has 0 bridgehead atoms. The average molecular weight is 119 g/mol. The first kappa shape index (κ1) is 5.43. The summed E-state index contributed by atoms with van der Waals surface area (Å²) in [5.41, 5.74) is 0. The van der Waals surface area contributed by atoms with Crippen molar-refractivity contribution in [3.05, 3.63) is 0 Å². The van der Waals surface area contributed by atoms with Gasteiger partial charge in [0.1, 0.15) is 0 Å². The van der Waals surface area contributed by atoms with Crippen molar-refractivity contribution >= 4 is 11.6 Å². The van der Waals surface area contributed by atoms with Crippen molar-refractivity contribution in [2.24, 2.45) is 5.92 Å². The lowest BCUT2D eigenvalue weighted by Gasteiger charge is -2.39. The van der Waals surface area contributed by atoms with Crippen molar-refractivity contribution in [1.29, 1.82) is 0 Å². The summed E-state index contributed by atoms with van der Waals surface area (Å²) in [4.78, 5) is 0.153. The highest BCUT2D eigenvalue weighted by Crippen LogP contribution is 2.42. The van der Waals surface area contributed by atoms with E-state index in [1.807, 2.05) is 0 Å². The van der Waals surface area contributed by atoms with Crippen LogP contribution >= 0.6 is 11.6 Å². The monoisotopic (exact) mass is 118 g/mol. The number of hydrogen-bond donors (Lipinski definition) is 0. The Morgan fingerprint density at radius 1 is 1.71 bits per heavy atom. The Morgan fingerprint density at radius 3 is 2.14 bits per heavy atom. The largest absolute Gasteiger partial charge is 0.119 e. The molecule has 1 rings (SSSR count). The quantitative estimate of drug-likeness (QED) is 0.429. The molecule has 2 atom stereocenters. The molecule has 1 aliphatic carbocycles. The molecule has 7 heavy (non-hydrogen) atoms. The van der Waals surface area contributed by atoms with E-state index >= 15 is 0 Å². The van der Waals surface area contributed by atoms with E-state index in [2.05, 4.69) is 13.8 Å². The molecular formula is C6H11Cl. The van der Waals surface area contributed by atoms with Crippen molar-refractivity contribution < 1.29 is 0 Å². The molecule has 0 heterocycles. The molecule has 0 aromatic carbocycles. The Kier molecular flexibility index (Phi) is 1.07. The van der Waals surface area contributed by atoms with Crippen molar-refractivity contribution in [3.63, 3.8) is 0 Å². The maximum Gasteiger partial charge on any atom is 0.0444 e. The average Bonchev–Trinajstić information content (AvgIpc) is 1.63. The zero-order valence-corrected chi connectivity index (χ0v) is 5.63. The van der Waals surface area contributed by atoms with Crippen molar-refractivity contribution in [2.45, 2.75) is 31.6 Å². The van der Waals surface area contributed by atoms with Gasteiger partial charge >= 0.3 is 0 Å². The zero-order valence-electron chi connectivity index (χ0n) is 4.87. The van der Waals surface area contributed by atoms with Gasteiger partial charge in [-0.15, -0.1) is 11.6 Å². The summed E-state index contributed by atoms with van der Waals surface area (Å²) in [6.45, 7) is 4.32. The maximum atomic E-state index is 5.95. The summed E-state index contributed by atoms with van der Waals surface area (Å²) < 4.78 is 0. The van der Waals surface area contributed by atoms with Gasteiger partial charge < -0.3 is 0 Å². The van der Waals surface area contributed by atoms with E-state index in [1.54, 1.807) is 0 Å². The smallest absolute Gasteiger partial charge is 0.0444 e. The predicted molar refractivity (Wildman–Crippen MR) is 32.7 cm³/mol. The van der Waals surface area contributed by atoms with E-state index in [0.717, 1.165) is 5.92 Å². The van der Waals surface area contributed by atoms with Crippen LogP contribution in [0.15, 0.2) is 0 Å². The summed E-state index contributed by atoms with van der Waals surface area (Å²) in [5, 5.41) is 0. The van der Waals surface area contributed by atoms with Crippen LogP contribution in [0.1, 0.15) is 26.7 Å². The molecule has 0 aliphatic heterocycles. The van der Waals surface area contributed by atoms with E-state index < -0.39 is 0 Å². The molecule has 0 nitrogen and oxygen atoms in total. The van der Waals surface area contributed by atoms with E-state index in [-0.39, 0.29) is 4.87 Å². The Morgan fingerprint density at radius 2 is 2.14 bits per heavy atom. The third-order valence-electron chi connectivity index (χ3n) is 2.09. The maximum absolute atomic E-state index is 5.95. The summed E-state index contributed by atoms with van der Waals surface area (Å²) in [5.74, 6) is 0.745. The summed E-state index contributed by atoms with van der Waals surface area (Å²) in [6.07, 6.45) is 2.52. The molecule has 0 radical (unpaired) electrons. The molecular weight excluding hydrogens is 108 g/mol. The molecule has 0 unspecified atom stereocenters. The van der Waals surface area contributed by atoms with E-state index in [1.165, 1.54) is 12.8 Å². The van der Waals surface area contributed by atoms with Gasteiger partial charge in [-0.3, -0.25) is 0 Å². The molecule has 1 fully saturated rings. The van der Waals surface area contributed by atoms with Crippen molar-refractivity contribution in [2.75, 3.05) is 0 Å². The topological polar surface area (TPSA) is 0 Å². The summed E-state index contributed by atoms with van der Waals surface area (Å²) in [7, 11) is 0. The molecule has 0 spiro atoms. The predicted octanol–water partition coefficient (Wildman–Crippen LogP) is 2.41. The van der Waals surface area contributed by atoms with Gasteiger partial charge in [0, 0.05) is 4.87 Å². The normalized spacial score (nSPS) is 51.0. The first-order valence-electron chi connectivity index (χ1n) is 2.82. The summed E-state index contributed by atoms with van der Waals surface area (Å²) in [6, 6.07) is 0. The van der Waals surface area contributed by atoms with E-state index in [9.17, 15) is 0 Å². The molecule has 1 saturated carbocycles. The Bertz CT molecular complexity index is 76.2. The number of halogens is 1. The van der Waals surface area contributed by atoms with Crippen LogP contribution in [0.25, 0.3) is 0 Å². The second-order valence-corrected chi connectivity index (χ2v) is 3.58. The van der Waals surface area contributed by atoms with Gasteiger partial charge in [0.2, 0.25) is 0 Å². The molecule has 1 heteroatoms.